The summed E-state index contributed by atoms with van der Waals surface area (Å²) in [5, 5.41) is 0. The van der Waals surface area contributed by atoms with Gasteiger partial charge in [0, 0.05) is 6.42 Å². The summed E-state index contributed by atoms with van der Waals surface area (Å²) in [7, 11) is 0. The van der Waals surface area contributed by atoms with E-state index in [1.807, 2.05) is 6.92 Å². The zero-order chi connectivity index (χ0) is 8.81. The summed E-state index contributed by atoms with van der Waals surface area (Å²) in [6, 6.07) is 0. The molecule has 0 aromatic rings. The van der Waals surface area contributed by atoms with Gasteiger partial charge in [-0.2, -0.15) is 0 Å². The molecule has 1 aliphatic carbocycles. The van der Waals surface area contributed by atoms with Crippen molar-refractivity contribution >= 4 is 5.78 Å². The van der Waals surface area contributed by atoms with Crippen molar-refractivity contribution in [2.45, 2.75) is 51.9 Å². The van der Waals surface area contributed by atoms with Crippen LogP contribution in [0.1, 0.15) is 51.9 Å². The van der Waals surface area contributed by atoms with Gasteiger partial charge in [-0.1, -0.05) is 25.3 Å². The molecule has 68 valence electrons. The second kappa shape index (κ2) is 5.13. The predicted octanol–water partition coefficient (Wildman–Crippen LogP) is 3.25. The first-order chi connectivity index (χ1) is 5.80. The molecule has 12 heavy (non-hydrogen) atoms. The van der Waals surface area contributed by atoms with Gasteiger partial charge < -0.3 is 0 Å². The number of hydrogen-bond donors (Lipinski definition) is 0. The first-order valence-corrected chi connectivity index (χ1v) is 5.00. The molecule has 0 heterocycles. The fourth-order valence-electron chi connectivity index (χ4n) is 1.59. The summed E-state index contributed by atoms with van der Waals surface area (Å²) >= 11 is 0. The van der Waals surface area contributed by atoms with Gasteiger partial charge in [-0.3, -0.25) is 4.79 Å². The Labute approximate surface area is 74.9 Å². The maximum Gasteiger partial charge on any atom is 0.158 e. The van der Waals surface area contributed by atoms with Gasteiger partial charge in [0.1, 0.15) is 0 Å². The minimum absolute atomic E-state index is 0.358. The Kier molecular flexibility index (Phi) is 4.06. The molecular weight excluding hydrogens is 148 g/mol. The molecule has 0 saturated heterocycles. The molecule has 0 radical (unpaired) electrons. The maximum absolute atomic E-state index is 11.4. The van der Waals surface area contributed by atoms with Gasteiger partial charge in [-0.05, 0) is 31.8 Å². The third-order valence-electron chi connectivity index (χ3n) is 2.50. The highest BCUT2D eigenvalue weighted by atomic mass is 16.1. The Morgan fingerprint density at radius 2 is 1.75 bits per heavy atom. The van der Waals surface area contributed by atoms with E-state index in [2.05, 4.69) is 6.08 Å². The monoisotopic (exact) mass is 166 g/mol. The van der Waals surface area contributed by atoms with Crippen LogP contribution in [0.5, 0.6) is 0 Å². The van der Waals surface area contributed by atoms with Crippen molar-refractivity contribution in [1.82, 2.24) is 0 Å². The van der Waals surface area contributed by atoms with Gasteiger partial charge in [0.2, 0.25) is 0 Å². The van der Waals surface area contributed by atoms with Crippen LogP contribution in [0, 0.1) is 0 Å². The first kappa shape index (κ1) is 9.50. The van der Waals surface area contributed by atoms with E-state index >= 15 is 0 Å². The number of ketones is 1. The summed E-state index contributed by atoms with van der Waals surface area (Å²) < 4.78 is 0. The van der Waals surface area contributed by atoms with Gasteiger partial charge in [-0.25, -0.2) is 0 Å². The molecule has 1 nitrogen and oxygen atoms in total. The zero-order valence-corrected chi connectivity index (χ0v) is 7.94. The molecule has 0 aliphatic heterocycles. The highest BCUT2D eigenvalue weighted by molar-refractivity contribution is 5.94. The van der Waals surface area contributed by atoms with Crippen molar-refractivity contribution in [1.29, 1.82) is 0 Å². The molecule has 1 rings (SSSR count). The molecule has 0 atom stereocenters. The van der Waals surface area contributed by atoms with Gasteiger partial charge in [0.25, 0.3) is 0 Å². The molecule has 0 saturated carbocycles. The standard InChI is InChI=1S/C11H18O/c1-10-8-6-4-2-3-5-7-9-11(10)12/h8H,2-7,9H2,1H3. The SMILES string of the molecule is CC1=CCCCCCCCC1=O. The van der Waals surface area contributed by atoms with Gasteiger partial charge in [0.05, 0.1) is 0 Å². The van der Waals surface area contributed by atoms with Crippen molar-refractivity contribution in [2.75, 3.05) is 0 Å². The van der Waals surface area contributed by atoms with E-state index in [1.165, 1.54) is 25.7 Å². The van der Waals surface area contributed by atoms with Gasteiger partial charge in [-0.15, -0.1) is 0 Å². The first-order valence-electron chi connectivity index (χ1n) is 5.00. The van der Waals surface area contributed by atoms with E-state index < -0.39 is 0 Å². The third kappa shape index (κ3) is 3.21. The van der Waals surface area contributed by atoms with E-state index in [4.69, 9.17) is 0 Å². The molecule has 1 aliphatic rings. The highest BCUT2D eigenvalue weighted by Gasteiger charge is 2.04. The molecule has 0 aromatic heterocycles. The normalized spacial score (nSPS) is 21.8. The van der Waals surface area contributed by atoms with Crippen molar-refractivity contribution in [3.8, 4) is 0 Å². The number of carbonyl (C=O) groups is 1. The number of carbonyl (C=O) groups excluding carboxylic acids is 1. The van der Waals surface area contributed by atoms with E-state index in [-0.39, 0.29) is 0 Å². The number of allylic oxidation sites excluding steroid dienone is 2. The second-order valence-electron chi connectivity index (χ2n) is 3.62. The lowest BCUT2D eigenvalue weighted by Crippen LogP contribution is -2.00. The zero-order valence-electron chi connectivity index (χ0n) is 7.94. The minimum atomic E-state index is 0.358. The molecule has 0 bridgehead atoms. The largest absolute Gasteiger partial charge is 0.295 e. The van der Waals surface area contributed by atoms with Crippen LogP contribution in [0.25, 0.3) is 0 Å². The van der Waals surface area contributed by atoms with E-state index in [0.717, 1.165) is 24.8 Å². The van der Waals surface area contributed by atoms with Gasteiger partial charge >= 0.3 is 0 Å². The minimum Gasteiger partial charge on any atom is -0.295 e. The molecule has 1 heteroatoms. The predicted molar refractivity (Wildman–Crippen MR) is 51.1 cm³/mol. The summed E-state index contributed by atoms with van der Waals surface area (Å²) in [6.45, 7) is 1.95. The van der Waals surface area contributed by atoms with E-state index in [0.29, 0.717) is 5.78 Å². The molecular formula is C11H18O. The van der Waals surface area contributed by atoms with Crippen LogP contribution in [0.4, 0.5) is 0 Å². The highest BCUT2D eigenvalue weighted by Crippen LogP contribution is 2.13. The van der Waals surface area contributed by atoms with Gasteiger partial charge in [0.15, 0.2) is 5.78 Å². The number of hydrogen-bond acceptors (Lipinski definition) is 1. The summed E-state index contributed by atoms with van der Waals surface area (Å²) in [5.41, 5.74) is 0.983. The third-order valence-corrected chi connectivity index (χ3v) is 2.50. The van der Waals surface area contributed by atoms with Crippen molar-refractivity contribution in [3.05, 3.63) is 11.6 Å². The molecule has 0 N–H and O–H groups in total. The number of rotatable bonds is 0. The van der Waals surface area contributed by atoms with E-state index in [1.54, 1.807) is 0 Å². The Hall–Kier alpha value is -0.590. The van der Waals surface area contributed by atoms with Crippen LogP contribution < -0.4 is 0 Å². The van der Waals surface area contributed by atoms with Crippen LogP contribution in [-0.2, 0) is 4.79 Å². The Morgan fingerprint density at radius 1 is 1.08 bits per heavy atom. The molecule has 0 aromatic carbocycles. The molecule has 0 amide bonds. The summed E-state index contributed by atoms with van der Waals surface area (Å²) in [6.07, 6.45) is 10.2. The van der Waals surface area contributed by atoms with Crippen LogP contribution in [-0.4, -0.2) is 5.78 Å². The lowest BCUT2D eigenvalue weighted by atomic mass is 10.0. The van der Waals surface area contributed by atoms with Crippen LogP contribution in [0.15, 0.2) is 11.6 Å². The Balaban J connectivity index is 2.47. The lowest BCUT2D eigenvalue weighted by Gasteiger charge is -2.05. The smallest absolute Gasteiger partial charge is 0.158 e. The summed E-state index contributed by atoms with van der Waals surface area (Å²) in [4.78, 5) is 11.4. The van der Waals surface area contributed by atoms with E-state index in [9.17, 15) is 4.79 Å². The fraction of sp³-hybridized carbons (Fsp3) is 0.727. The summed E-state index contributed by atoms with van der Waals surface area (Å²) in [5.74, 6) is 0.358. The Bertz CT molecular complexity index is 179. The quantitative estimate of drug-likeness (QED) is 0.540. The maximum atomic E-state index is 11.4. The van der Waals surface area contributed by atoms with Crippen molar-refractivity contribution < 1.29 is 4.79 Å². The average molecular weight is 166 g/mol. The van der Waals surface area contributed by atoms with Crippen LogP contribution >= 0.6 is 0 Å². The average Bonchev–Trinajstić information content (AvgIpc) is 2.08. The van der Waals surface area contributed by atoms with Crippen LogP contribution in [0.2, 0.25) is 0 Å². The van der Waals surface area contributed by atoms with Crippen molar-refractivity contribution in [3.63, 3.8) is 0 Å². The molecule has 0 spiro atoms. The van der Waals surface area contributed by atoms with Crippen molar-refractivity contribution in [2.24, 2.45) is 0 Å². The molecule has 0 unspecified atom stereocenters. The number of Topliss-reactive ketones (excluding diaryl/α,β-unsaturated/α-hetero) is 1. The molecule has 0 fully saturated rings. The Morgan fingerprint density at radius 3 is 2.58 bits per heavy atom. The van der Waals surface area contributed by atoms with Crippen LogP contribution in [0.3, 0.4) is 0 Å². The topological polar surface area (TPSA) is 17.1 Å². The fourth-order valence-corrected chi connectivity index (χ4v) is 1.59. The second-order valence-corrected chi connectivity index (χ2v) is 3.62. The lowest BCUT2D eigenvalue weighted by molar-refractivity contribution is -0.115.